The lowest BCUT2D eigenvalue weighted by atomic mass is 9.75. The molecule has 0 saturated carbocycles. The molecule has 3 atom stereocenters. The van der Waals surface area contributed by atoms with Crippen molar-refractivity contribution in [2.24, 2.45) is 0 Å². The SMILES string of the molecule is CC[C@H](C)NC(=O)[C@@H]1c2cc(OC)c(OC)cc2C(=O)N2CCc3ccccc3[C@H]12. The van der Waals surface area contributed by atoms with Gasteiger partial charge < -0.3 is 19.7 Å². The van der Waals surface area contributed by atoms with Gasteiger partial charge in [0.05, 0.1) is 26.2 Å². The molecule has 4 rings (SSSR count). The summed E-state index contributed by atoms with van der Waals surface area (Å²) in [6.45, 7) is 4.62. The summed E-state index contributed by atoms with van der Waals surface area (Å²) in [4.78, 5) is 28.9. The Hall–Kier alpha value is -3.02. The van der Waals surface area contributed by atoms with Gasteiger partial charge in [0, 0.05) is 18.2 Å². The predicted molar refractivity (Wildman–Crippen MR) is 114 cm³/mol. The van der Waals surface area contributed by atoms with Gasteiger partial charge in [0.1, 0.15) is 0 Å². The van der Waals surface area contributed by atoms with Gasteiger partial charge in [-0.25, -0.2) is 0 Å². The van der Waals surface area contributed by atoms with Gasteiger partial charge in [-0.3, -0.25) is 9.59 Å². The Kier molecular flexibility index (Phi) is 5.41. The van der Waals surface area contributed by atoms with Crippen LogP contribution in [0.1, 0.15) is 59.3 Å². The molecule has 0 spiro atoms. The fourth-order valence-electron chi connectivity index (χ4n) is 4.57. The molecule has 0 aromatic heterocycles. The van der Waals surface area contributed by atoms with Crippen molar-refractivity contribution in [1.29, 1.82) is 0 Å². The first kappa shape index (κ1) is 20.3. The summed E-state index contributed by atoms with van der Waals surface area (Å²) in [6.07, 6.45) is 1.61. The van der Waals surface area contributed by atoms with Gasteiger partial charge in [-0.1, -0.05) is 31.2 Å². The first-order valence-electron chi connectivity index (χ1n) is 10.4. The molecule has 0 bridgehead atoms. The lowest BCUT2D eigenvalue weighted by molar-refractivity contribution is -0.125. The van der Waals surface area contributed by atoms with Crippen molar-refractivity contribution in [3.8, 4) is 11.5 Å². The van der Waals surface area contributed by atoms with Crippen LogP contribution in [0.4, 0.5) is 0 Å². The topological polar surface area (TPSA) is 67.9 Å². The molecular weight excluding hydrogens is 380 g/mol. The van der Waals surface area contributed by atoms with Crippen molar-refractivity contribution >= 4 is 11.8 Å². The highest BCUT2D eigenvalue weighted by atomic mass is 16.5. The monoisotopic (exact) mass is 408 g/mol. The number of nitrogens with one attached hydrogen (secondary N) is 1. The van der Waals surface area contributed by atoms with Gasteiger partial charge >= 0.3 is 0 Å². The maximum Gasteiger partial charge on any atom is 0.254 e. The summed E-state index contributed by atoms with van der Waals surface area (Å²) in [6, 6.07) is 11.3. The van der Waals surface area contributed by atoms with Gasteiger partial charge in [-0.15, -0.1) is 0 Å². The molecule has 0 saturated heterocycles. The number of carbonyl (C=O) groups excluding carboxylic acids is 2. The molecule has 6 heteroatoms. The number of benzene rings is 2. The number of methoxy groups -OCH3 is 2. The Balaban J connectivity index is 1.92. The van der Waals surface area contributed by atoms with Crippen molar-refractivity contribution < 1.29 is 19.1 Å². The third-order valence-electron chi connectivity index (χ3n) is 6.31. The summed E-state index contributed by atoms with van der Waals surface area (Å²) >= 11 is 0. The van der Waals surface area contributed by atoms with Crippen molar-refractivity contribution in [2.75, 3.05) is 20.8 Å². The number of nitrogens with zero attached hydrogens (tertiary/aromatic N) is 1. The zero-order valence-electron chi connectivity index (χ0n) is 17.9. The Bertz CT molecular complexity index is 987. The third kappa shape index (κ3) is 3.20. The van der Waals surface area contributed by atoms with Crippen molar-refractivity contribution in [3.63, 3.8) is 0 Å². The molecule has 2 aliphatic rings. The van der Waals surface area contributed by atoms with Crippen LogP contribution in [0.25, 0.3) is 0 Å². The van der Waals surface area contributed by atoms with Crippen LogP contribution in [0.15, 0.2) is 36.4 Å². The van der Waals surface area contributed by atoms with Crippen LogP contribution in [-0.4, -0.2) is 43.5 Å². The van der Waals surface area contributed by atoms with Crippen LogP contribution < -0.4 is 14.8 Å². The lowest BCUT2D eigenvalue weighted by Crippen LogP contribution is -2.51. The quantitative estimate of drug-likeness (QED) is 0.823. The summed E-state index contributed by atoms with van der Waals surface area (Å²) < 4.78 is 10.9. The van der Waals surface area contributed by atoms with E-state index < -0.39 is 5.92 Å². The second-order valence-electron chi connectivity index (χ2n) is 7.98. The molecule has 2 aliphatic heterocycles. The van der Waals surface area contributed by atoms with Crippen LogP contribution in [-0.2, 0) is 11.2 Å². The van der Waals surface area contributed by atoms with Gasteiger partial charge in [0.25, 0.3) is 5.91 Å². The van der Waals surface area contributed by atoms with E-state index in [4.69, 9.17) is 9.47 Å². The average molecular weight is 408 g/mol. The minimum Gasteiger partial charge on any atom is -0.493 e. The van der Waals surface area contributed by atoms with E-state index in [1.54, 1.807) is 26.4 Å². The van der Waals surface area contributed by atoms with Crippen LogP contribution in [0.2, 0.25) is 0 Å². The van der Waals surface area contributed by atoms with Gasteiger partial charge in [0.2, 0.25) is 5.91 Å². The smallest absolute Gasteiger partial charge is 0.254 e. The molecule has 2 aromatic carbocycles. The number of hydrogen-bond acceptors (Lipinski definition) is 4. The van der Waals surface area contributed by atoms with Crippen molar-refractivity contribution in [3.05, 3.63) is 58.7 Å². The zero-order chi connectivity index (χ0) is 21.4. The molecule has 158 valence electrons. The van der Waals surface area contributed by atoms with E-state index in [-0.39, 0.29) is 23.9 Å². The Morgan fingerprint density at radius 1 is 1.17 bits per heavy atom. The highest BCUT2D eigenvalue weighted by molar-refractivity contribution is 6.02. The van der Waals surface area contributed by atoms with Crippen molar-refractivity contribution in [2.45, 2.75) is 44.7 Å². The molecule has 1 N–H and O–H groups in total. The molecule has 0 fully saturated rings. The maximum absolute atomic E-state index is 13.5. The minimum absolute atomic E-state index is 0.0472. The summed E-state index contributed by atoms with van der Waals surface area (Å²) in [5, 5.41) is 3.14. The van der Waals surface area contributed by atoms with Crippen molar-refractivity contribution in [1.82, 2.24) is 10.2 Å². The highest BCUT2D eigenvalue weighted by Gasteiger charge is 2.47. The maximum atomic E-state index is 13.5. The van der Waals surface area contributed by atoms with E-state index in [1.165, 1.54) is 5.56 Å². The molecule has 0 radical (unpaired) electrons. The molecular formula is C24H28N2O4. The number of fused-ring (bicyclic) bond motifs is 4. The van der Waals surface area contributed by atoms with Crippen LogP contribution >= 0.6 is 0 Å². The number of carbonyl (C=O) groups is 2. The zero-order valence-corrected chi connectivity index (χ0v) is 17.9. The molecule has 2 aromatic rings. The molecule has 30 heavy (non-hydrogen) atoms. The predicted octanol–water partition coefficient (Wildman–Crippen LogP) is 3.46. The fraction of sp³-hybridized carbons (Fsp3) is 0.417. The average Bonchev–Trinajstić information content (AvgIpc) is 2.78. The van der Waals surface area contributed by atoms with E-state index >= 15 is 0 Å². The summed E-state index contributed by atoms with van der Waals surface area (Å²) in [5.41, 5.74) is 3.43. The minimum atomic E-state index is -0.520. The van der Waals surface area contributed by atoms with E-state index in [0.29, 0.717) is 29.2 Å². The number of rotatable bonds is 5. The normalized spacial score (nSPS) is 20.5. The van der Waals surface area contributed by atoms with Gasteiger partial charge in [-0.05, 0) is 48.6 Å². The standard InChI is InChI=1S/C24H28N2O4/c1-5-14(2)25-23(27)21-17-12-19(29-3)20(30-4)13-18(17)24(28)26-11-10-15-8-6-7-9-16(15)22(21)26/h6-9,12-14,21-22H,5,10-11H2,1-4H3,(H,25,27)/t14-,21+,22+/m0/s1. The van der Waals surface area contributed by atoms with E-state index in [2.05, 4.69) is 11.4 Å². The number of amides is 2. The van der Waals surface area contributed by atoms with Crippen LogP contribution in [0.5, 0.6) is 11.5 Å². The summed E-state index contributed by atoms with van der Waals surface area (Å²) in [5.74, 6) is 0.340. The van der Waals surface area contributed by atoms with E-state index in [1.807, 2.05) is 36.9 Å². The highest BCUT2D eigenvalue weighted by Crippen LogP contribution is 2.48. The molecule has 6 nitrogen and oxygen atoms in total. The third-order valence-corrected chi connectivity index (χ3v) is 6.31. The molecule has 0 unspecified atom stereocenters. The molecule has 0 aliphatic carbocycles. The molecule has 2 heterocycles. The fourth-order valence-corrected chi connectivity index (χ4v) is 4.57. The number of ether oxygens (including phenoxy) is 2. The van der Waals surface area contributed by atoms with Gasteiger partial charge in [-0.2, -0.15) is 0 Å². The number of hydrogen-bond donors (Lipinski definition) is 1. The van der Waals surface area contributed by atoms with E-state index in [9.17, 15) is 9.59 Å². The second kappa shape index (κ2) is 8.01. The van der Waals surface area contributed by atoms with Gasteiger partial charge in [0.15, 0.2) is 11.5 Å². The molecule has 2 amide bonds. The van der Waals surface area contributed by atoms with Crippen LogP contribution in [0.3, 0.4) is 0 Å². The van der Waals surface area contributed by atoms with E-state index in [0.717, 1.165) is 18.4 Å². The summed E-state index contributed by atoms with van der Waals surface area (Å²) in [7, 11) is 3.11. The first-order valence-corrected chi connectivity index (χ1v) is 10.4. The largest absolute Gasteiger partial charge is 0.493 e. The Morgan fingerprint density at radius 3 is 2.57 bits per heavy atom. The van der Waals surface area contributed by atoms with Crippen LogP contribution in [0, 0.1) is 0 Å². The lowest BCUT2D eigenvalue weighted by Gasteiger charge is -2.45. The first-order chi connectivity index (χ1) is 14.5. The second-order valence-corrected chi connectivity index (χ2v) is 7.98. The Morgan fingerprint density at radius 2 is 1.87 bits per heavy atom. The Labute approximate surface area is 177 Å².